The summed E-state index contributed by atoms with van der Waals surface area (Å²) in [6.07, 6.45) is 49.5. The fourth-order valence-corrected chi connectivity index (χ4v) is 11.1. The number of hydrogen-bond acceptors (Lipinski definition) is 13. The largest absolute Gasteiger partial charge is 0.394 e. The van der Waals surface area contributed by atoms with Crippen molar-refractivity contribution in [1.82, 2.24) is 5.32 Å². The maximum Gasteiger partial charge on any atom is 0.220 e. The Balaban J connectivity index is 1.58. The molecule has 0 aromatic rings. The number of ether oxygens (including phenoxy) is 4. The first-order valence-corrected chi connectivity index (χ1v) is 33.7. The predicted octanol–water partition coefficient (Wildman–Crippen LogP) is 13.0. The summed E-state index contributed by atoms with van der Waals surface area (Å²) in [4.78, 5) is 13.3. The molecule has 2 fully saturated rings. The van der Waals surface area contributed by atoms with E-state index in [9.17, 15) is 45.6 Å². The summed E-state index contributed by atoms with van der Waals surface area (Å²) in [5.41, 5.74) is 0. The Kier molecular flexibility index (Phi) is 48.8. The summed E-state index contributed by atoms with van der Waals surface area (Å²) in [6, 6.07) is -0.928. The van der Waals surface area contributed by atoms with E-state index in [1.165, 1.54) is 225 Å². The smallest absolute Gasteiger partial charge is 0.220 e. The summed E-state index contributed by atoms with van der Waals surface area (Å²) in [6.45, 7) is 2.78. The van der Waals surface area contributed by atoms with Gasteiger partial charge in [0, 0.05) is 6.42 Å². The topological polar surface area (TPSA) is 228 Å². The third-order valence-electron chi connectivity index (χ3n) is 16.5. The number of aliphatic hydroxyl groups is 8. The van der Waals surface area contributed by atoms with Gasteiger partial charge >= 0.3 is 0 Å². The maximum absolute atomic E-state index is 13.3. The van der Waals surface area contributed by atoms with Crippen LogP contribution in [0.4, 0.5) is 0 Å². The highest BCUT2D eigenvalue weighted by Gasteiger charge is 2.51. The molecule has 0 aromatic heterocycles. The molecule has 2 aliphatic rings. The van der Waals surface area contributed by atoms with Crippen LogP contribution in [-0.2, 0) is 23.7 Å². The van der Waals surface area contributed by atoms with Crippen molar-refractivity contribution in [2.24, 2.45) is 0 Å². The van der Waals surface area contributed by atoms with E-state index in [1.54, 1.807) is 6.08 Å². The van der Waals surface area contributed by atoms with Crippen molar-refractivity contribution in [2.75, 3.05) is 19.8 Å². The second-order valence-corrected chi connectivity index (χ2v) is 23.9. The van der Waals surface area contributed by atoms with E-state index >= 15 is 0 Å². The molecule has 12 atom stereocenters. The SMILES string of the molecule is CCCCCCCC/C=C/CC/C=C/C(O)C(COC1OC(CO)C(OC2OC(CO)C(O)C(O)C2O)C(O)C1O)NC(=O)CCCCCCCCCCCCCCCCCCCCCCCCC/C=C\CCCCCCCCCC. The molecule has 2 aliphatic heterocycles. The molecule has 2 rings (SSSR count). The van der Waals surface area contributed by atoms with Gasteiger partial charge in [-0.05, 0) is 57.8 Å². The molecule has 0 aromatic carbocycles. The summed E-state index contributed by atoms with van der Waals surface area (Å²) >= 11 is 0. The summed E-state index contributed by atoms with van der Waals surface area (Å²) in [5, 5.41) is 87.0. The highest BCUT2D eigenvalue weighted by molar-refractivity contribution is 5.76. The zero-order valence-electron chi connectivity index (χ0n) is 51.5. The number of amides is 1. The third kappa shape index (κ3) is 37.4. The Labute approximate surface area is 493 Å². The molecule has 0 spiro atoms. The van der Waals surface area contributed by atoms with Crippen molar-refractivity contribution in [2.45, 2.75) is 364 Å². The molecular weight excluding hydrogens is 1030 g/mol. The van der Waals surface area contributed by atoms with Gasteiger partial charge in [-0.2, -0.15) is 0 Å². The molecule has 0 bridgehead atoms. The second kappa shape index (κ2) is 52.5. The average Bonchev–Trinajstić information content (AvgIpc) is 3.48. The van der Waals surface area contributed by atoms with Crippen LogP contribution in [0.1, 0.15) is 290 Å². The average molecular weight is 1150 g/mol. The lowest BCUT2D eigenvalue weighted by molar-refractivity contribution is -0.359. The van der Waals surface area contributed by atoms with Gasteiger partial charge in [0.2, 0.25) is 5.91 Å². The van der Waals surface area contributed by atoms with Crippen LogP contribution >= 0.6 is 0 Å². The molecule has 0 saturated carbocycles. The molecule has 0 radical (unpaired) electrons. The van der Waals surface area contributed by atoms with Crippen LogP contribution in [0, 0.1) is 0 Å². The van der Waals surface area contributed by atoms with Crippen LogP contribution in [-0.4, -0.2) is 140 Å². The summed E-state index contributed by atoms with van der Waals surface area (Å²) in [7, 11) is 0. The summed E-state index contributed by atoms with van der Waals surface area (Å²) in [5.74, 6) is -0.246. The van der Waals surface area contributed by atoms with Crippen molar-refractivity contribution in [1.29, 1.82) is 0 Å². The van der Waals surface area contributed by atoms with Gasteiger partial charge in [0.05, 0.1) is 32.0 Å². The van der Waals surface area contributed by atoms with E-state index in [2.05, 4.69) is 43.5 Å². The molecule has 9 N–H and O–H groups in total. The minimum Gasteiger partial charge on any atom is -0.394 e. The van der Waals surface area contributed by atoms with Gasteiger partial charge in [-0.15, -0.1) is 0 Å². The van der Waals surface area contributed by atoms with Crippen molar-refractivity contribution >= 4 is 5.91 Å². The third-order valence-corrected chi connectivity index (χ3v) is 16.5. The molecule has 0 aliphatic carbocycles. The van der Waals surface area contributed by atoms with E-state index in [1.807, 2.05) is 6.08 Å². The zero-order chi connectivity index (χ0) is 58.8. The Morgan fingerprint density at radius 2 is 0.790 bits per heavy atom. The van der Waals surface area contributed by atoms with Crippen LogP contribution in [0.3, 0.4) is 0 Å². The minimum absolute atomic E-state index is 0.246. The van der Waals surface area contributed by atoms with Gasteiger partial charge in [0.1, 0.15) is 48.8 Å². The lowest BCUT2D eigenvalue weighted by Crippen LogP contribution is -2.65. The molecular formula is C67H125NO13. The van der Waals surface area contributed by atoms with E-state index in [0.717, 1.165) is 32.1 Å². The first-order chi connectivity index (χ1) is 39.6. The number of carbonyl (C=O) groups is 1. The zero-order valence-corrected chi connectivity index (χ0v) is 51.5. The van der Waals surface area contributed by atoms with Crippen molar-refractivity contribution in [3.05, 3.63) is 36.5 Å². The Bertz CT molecular complexity index is 1500. The highest BCUT2D eigenvalue weighted by Crippen LogP contribution is 2.30. The number of carbonyl (C=O) groups excluding carboxylic acids is 1. The number of nitrogens with one attached hydrogen (secondary N) is 1. The number of aliphatic hydroxyl groups excluding tert-OH is 8. The maximum atomic E-state index is 13.3. The van der Waals surface area contributed by atoms with Crippen LogP contribution in [0.2, 0.25) is 0 Å². The van der Waals surface area contributed by atoms with Crippen molar-refractivity contribution < 1.29 is 64.6 Å². The normalized spacial score (nSPS) is 24.3. The molecule has 14 nitrogen and oxygen atoms in total. The Hall–Kier alpha value is -1.79. The van der Waals surface area contributed by atoms with Gasteiger partial charge < -0.3 is 65.1 Å². The van der Waals surface area contributed by atoms with Gasteiger partial charge in [-0.1, -0.05) is 262 Å². The quantitative estimate of drug-likeness (QED) is 0.0204. The van der Waals surface area contributed by atoms with E-state index in [-0.39, 0.29) is 18.9 Å². The van der Waals surface area contributed by atoms with Crippen LogP contribution in [0.15, 0.2) is 36.5 Å². The standard InChI is InChI=1S/C67H125NO13/c1-3-5-7-9-11-13-15-17-18-19-20-21-22-23-24-25-26-27-28-29-30-31-32-33-34-35-36-37-38-39-41-43-45-47-49-51-59(72)68-55(56(71)50-48-46-44-42-40-16-14-12-10-8-6-4-2)54-78-66-64(77)62(75)65(58(53-70)80-66)81-67-63(76)61(74)60(73)57(52-69)79-67/h19-20,40,42,48,50,55-58,60-67,69-71,73-77H,3-18,21-39,41,43-47,49,51-54H2,1-2H3,(H,68,72)/b20-19-,42-40+,50-48+. The second-order valence-electron chi connectivity index (χ2n) is 23.9. The minimum atomic E-state index is -1.79. The lowest BCUT2D eigenvalue weighted by Gasteiger charge is -2.46. The van der Waals surface area contributed by atoms with Gasteiger partial charge in [0.25, 0.3) is 0 Å². The Morgan fingerprint density at radius 3 is 1.21 bits per heavy atom. The molecule has 2 heterocycles. The Morgan fingerprint density at radius 1 is 0.432 bits per heavy atom. The fraction of sp³-hybridized carbons (Fsp3) is 0.896. The number of allylic oxidation sites excluding steroid dienone is 5. The predicted molar refractivity (Wildman–Crippen MR) is 328 cm³/mol. The van der Waals surface area contributed by atoms with Gasteiger partial charge in [0.15, 0.2) is 12.6 Å². The van der Waals surface area contributed by atoms with Crippen LogP contribution < -0.4 is 5.32 Å². The molecule has 2 saturated heterocycles. The first kappa shape index (κ1) is 75.3. The van der Waals surface area contributed by atoms with E-state index in [4.69, 9.17) is 18.9 Å². The first-order valence-electron chi connectivity index (χ1n) is 33.7. The van der Waals surface area contributed by atoms with Crippen LogP contribution in [0.25, 0.3) is 0 Å². The number of unbranched alkanes of at least 4 members (excludes halogenated alkanes) is 38. The lowest BCUT2D eigenvalue weighted by atomic mass is 9.97. The molecule has 1 amide bonds. The molecule has 14 heteroatoms. The fourth-order valence-electron chi connectivity index (χ4n) is 11.1. The van der Waals surface area contributed by atoms with Gasteiger partial charge in [-0.25, -0.2) is 0 Å². The van der Waals surface area contributed by atoms with Crippen LogP contribution in [0.5, 0.6) is 0 Å². The number of rotatable bonds is 55. The van der Waals surface area contributed by atoms with Crippen molar-refractivity contribution in [3.63, 3.8) is 0 Å². The van der Waals surface area contributed by atoms with Crippen molar-refractivity contribution in [3.8, 4) is 0 Å². The summed E-state index contributed by atoms with van der Waals surface area (Å²) < 4.78 is 22.8. The number of hydrogen-bond donors (Lipinski definition) is 9. The molecule has 81 heavy (non-hydrogen) atoms. The monoisotopic (exact) mass is 1150 g/mol. The van der Waals surface area contributed by atoms with E-state index in [0.29, 0.717) is 12.8 Å². The van der Waals surface area contributed by atoms with Gasteiger partial charge in [-0.3, -0.25) is 4.79 Å². The molecule has 12 unspecified atom stereocenters. The van der Waals surface area contributed by atoms with E-state index < -0.39 is 86.8 Å². The highest BCUT2D eigenvalue weighted by atomic mass is 16.7. The molecule has 476 valence electrons.